The maximum atomic E-state index is 13.5. The maximum Gasteiger partial charge on any atom is 0.404 e. The average molecular weight is 429 g/mol. The lowest BCUT2D eigenvalue weighted by Gasteiger charge is -2.18. The number of sulfonamides is 1. The van der Waals surface area contributed by atoms with E-state index in [0.717, 1.165) is 12.3 Å². The van der Waals surface area contributed by atoms with Crippen LogP contribution in [0.2, 0.25) is 0 Å². The first kappa shape index (κ1) is 20.9. The van der Waals surface area contributed by atoms with E-state index < -0.39 is 40.4 Å². The Morgan fingerprint density at radius 1 is 1.38 bits per heavy atom. The fourth-order valence-corrected chi connectivity index (χ4v) is 4.72. The van der Waals surface area contributed by atoms with Crippen molar-refractivity contribution in [1.29, 1.82) is 0 Å². The lowest BCUT2D eigenvalue weighted by Crippen LogP contribution is -2.44. The highest BCUT2D eigenvalue weighted by atomic mass is 32.2. The number of hydrogen-bond donors (Lipinski definition) is 2. The number of hydrogen-bond acceptors (Lipinski definition) is 3. The van der Waals surface area contributed by atoms with Gasteiger partial charge in [0.2, 0.25) is 10.0 Å². The van der Waals surface area contributed by atoms with Crippen molar-refractivity contribution in [2.75, 3.05) is 5.32 Å². The smallest absolute Gasteiger partial charge is 0.345 e. The van der Waals surface area contributed by atoms with Gasteiger partial charge in [-0.05, 0) is 31.0 Å². The summed E-state index contributed by atoms with van der Waals surface area (Å²) in [5.74, 6) is 0.698. The van der Waals surface area contributed by atoms with Gasteiger partial charge in [0.25, 0.3) is 5.91 Å². The molecule has 154 valence electrons. The van der Waals surface area contributed by atoms with E-state index in [1.165, 1.54) is 23.7 Å². The fraction of sp³-hybridized carbons (Fsp3) is 0.278. The molecule has 1 aromatic carbocycles. The predicted octanol–water partition coefficient (Wildman–Crippen LogP) is 2.55. The second kappa shape index (κ2) is 7.20. The Bertz CT molecular complexity index is 1130. The molecule has 2 N–H and O–H groups in total. The van der Waals surface area contributed by atoms with Crippen LogP contribution in [0.3, 0.4) is 0 Å². The lowest BCUT2D eigenvalue weighted by molar-refractivity contribution is -0.152. The third-order valence-electron chi connectivity index (χ3n) is 4.51. The number of fused-ring (bicyclic) bond motifs is 1. The van der Waals surface area contributed by atoms with Gasteiger partial charge in [0.05, 0.1) is 5.56 Å². The van der Waals surface area contributed by atoms with Gasteiger partial charge in [-0.3, -0.25) is 4.79 Å². The second-order valence-electron chi connectivity index (χ2n) is 6.48. The molecule has 0 fully saturated rings. The average Bonchev–Trinajstić information content (AvgIpc) is 2.89. The van der Waals surface area contributed by atoms with Gasteiger partial charge in [0.1, 0.15) is 22.4 Å². The molecule has 1 atom stereocenters. The number of amides is 1. The van der Waals surface area contributed by atoms with E-state index in [-0.39, 0.29) is 33.8 Å². The van der Waals surface area contributed by atoms with E-state index in [9.17, 15) is 30.8 Å². The van der Waals surface area contributed by atoms with Crippen LogP contribution in [-0.4, -0.2) is 31.1 Å². The monoisotopic (exact) mass is 429 g/mol. The largest absolute Gasteiger partial charge is 0.404 e. The highest BCUT2D eigenvalue weighted by molar-refractivity contribution is 7.89. The Morgan fingerprint density at radius 2 is 2.07 bits per heavy atom. The standard InChI is InChI=1S/C18H15F4N3O3S/c1-3-10-8-11(4-6-13(10)19)23-17(26)16-12-5-7-15(18(20,21)22)24-29(27,28)14(12)9-25(16)2/h1,4,6,8-9,15,24H,5,7H2,2H3,(H,23,26). The first-order valence-corrected chi connectivity index (χ1v) is 9.77. The first-order chi connectivity index (χ1) is 13.4. The molecular formula is C18H15F4N3O3S. The van der Waals surface area contributed by atoms with Gasteiger partial charge >= 0.3 is 6.18 Å². The van der Waals surface area contributed by atoms with Crippen molar-refractivity contribution in [3.63, 3.8) is 0 Å². The van der Waals surface area contributed by atoms with Crippen molar-refractivity contribution < 1.29 is 30.8 Å². The summed E-state index contributed by atoms with van der Waals surface area (Å²) in [6, 6.07) is 1.27. The Labute approximate surface area is 164 Å². The summed E-state index contributed by atoms with van der Waals surface area (Å²) < 4.78 is 80.4. The zero-order valence-electron chi connectivity index (χ0n) is 15.0. The molecule has 0 saturated carbocycles. The van der Waals surface area contributed by atoms with Crippen LogP contribution in [0.5, 0.6) is 0 Å². The van der Waals surface area contributed by atoms with Crippen molar-refractivity contribution >= 4 is 21.6 Å². The van der Waals surface area contributed by atoms with Crippen molar-refractivity contribution in [3.05, 3.63) is 47.0 Å². The predicted molar refractivity (Wildman–Crippen MR) is 96.2 cm³/mol. The van der Waals surface area contributed by atoms with E-state index >= 15 is 0 Å². The molecule has 6 nitrogen and oxygen atoms in total. The number of aromatic nitrogens is 1. The number of carbonyl (C=O) groups is 1. The van der Waals surface area contributed by atoms with Crippen molar-refractivity contribution in [3.8, 4) is 12.3 Å². The van der Waals surface area contributed by atoms with Crippen LogP contribution in [0.4, 0.5) is 23.2 Å². The molecule has 1 aliphatic rings. The van der Waals surface area contributed by atoms with Crippen LogP contribution in [-0.2, 0) is 23.5 Å². The molecule has 3 rings (SSSR count). The highest BCUT2D eigenvalue weighted by Crippen LogP contribution is 2.32. The molecule has 0 radical (unpaired) electrons. The number of halogens is 4. The zero-order valence-corrected chi connectivity index (χ0v) is 15.8. The zero-order chi connectivity index (χ0) is 21.6. The third-order valence-corrected chi connectivity index (χ3v) is 6.03. The van der Waals surface area contributed by atoms with Gasteiger partial charge in [0.15, 0.2) is 0 Å². The molecule has 1 aromatic heterocycles. The van der Waals surface area contributed by atoms with Gasteiger partial charge in [-0.15, -0.1) is 6.42 Å². The molecule has 0 spiro atoms. The van der Waals surface area contributed by atoms with Crippen LogP contribution in [0.15, 0.2) is 29.3 Å². The van der Waals surface area contributed by atoms with E-state index in [1.54, 1.807) is 4.72 Å². The van der Waals surface area contributed by atoms with Crippen LogP contribution in [0, 0.1) is 18.2 Å². The summed E-state index contributed by atoms with van der Waals surface area (Å²) in [4.78, 5) is 12.4. The Kier molecular flexibility index (Phi) is 5.19. The van der Waals surface area contributed by atoms with Gasteiger partial charge < -0.3 is 9.88 Å². The summed E-state index contributed by atoms with van der Waals surface area (Å²) in [6.07, 6.45) is 0.665. The summed E-state index contributed by atoms with van der Waals surface area (Å²) in [5, 5.41) is 2.47. The van der Waals surface area contributed by atoms with E-state index in [1.807, 2.05) is 0 Å². The SMILES string of the molecule is C#Cc1cc(NC(=O)c2c3c(cn2C)S(=O)(=O)NC(C(F)(F)F)CC3)ccc1F. The Balaban J connectivity index is 1.98. The normalized spacial score (nSPS) is 18.4. The summed E-state index contributed by atoms with van der Waals surface area (Å²) >= 11 is 0. The van der Waals surface area contributed by atoms with Crippen molar-refractivity contribution in [1.82, 2.24) is 9.29 Å². The summed E-state index contributed by atoms with van der Waals surface area (Å²) in [5.41, 5.74) is -0.0707. The quantitative estimate of drug-likeness (QED) is 0.569. The highest BCUT2D eigenvalue weighted by Gasteiger charge is 2.45. The molecule has 11 heteroatoms. The second-order valence-corrected chi connectivity index (χ2v) is 8.16. The summed E-state index contributed by atoms with van der Waals surface area (Å²) in [7, 11) is -3.08. The van der Waals surface area contributed by atoms with Crippen LogP contribution in [0.25, 0.3) is 0 Å². The van der Waals surface area contributed by atoms with Crippen LogP contribution in [0.1, 0.15) is 28.0 Å². The minimum atomic E-state index is -4.76. The first-order valence-electron chi connectivity index (χ1n) is 8.29. The molecule has 29 heavy (non-hydrogen) atoms. The number of benzene rings is 1. The third kappa shape index (κ3) is 3.99. The fourth-order valence-electron chi connectivity index (χ4n) is 3.15. The number of carbonyl (C=O) groups excluding carboxylic acids is 1. The molecule has 2 heterocycles. The minimum Gasteiger partial charge on any atom is -0.345 e. The van der Waals surface area contributed by atoms with E-state index in [2.05, 4.69) is 11.2 Å². The topological polar surface area (TPSA) is 80.2 Å². The molecule has 1 aliphatic heterocycles. The minimum absolute atomic E-state index is 0.0245. The Hall–Kier alpha value is -2.84. The molecule has 0 aliphatic carbocycles. The van der Waals surface area contributed by atoms with Crippen LogP contribution >= 0.6 is 0 Å². The molecule has 1 amide bonds. The van der Waals surface area contributed by atoms with Gasteiger partial charge in [0, 0.05) is 24.5 Å². The lowest BCUT2D eigenvalue weighted by atomic mass is 10.1. The molecule has 2 aromatic rings. The molecular weight excluding hydrogens is 414 g/mol. The number of rotatable bonds is 2. The van der Waals surface area contributed by atoms with Gasteiger partial charge in [-0.2, -0.15) is 17.9 Å². The van der Waals surface area contributed by atoms with Gasteiger partial charge in [-0.25, -0.2) is 12.8 Å². The molecule has 0 bridgehead atoms. The number of terminal acetylenes is 1. The Morgan fingerprint density at radius 3 is 2.69 bits per heavy atom. The maximum absolute atomic E-state index is 13.5. The van der Waals surface area contributed by atoms with E-state index in [4.69, 9.17) is 6.42 Å². The van der Waals surface area contributed by atoms with Gasteiger partial charge in [-0.1, -0.05) is 5.92 Å². The molecule has 1 unspecified atom stereocenters. The van der Waals surface area contributed by atoms with Crippen molar-refractivity contribution in [2.24, 2.45) is 7.05 Å². The van der Waals surface area contributed by atoms with Crippen LogP contribution < -0.4 is 10.0 Å². The summed E-state index contributed by atoms with van der Waals surface area (Å²) in [6.45, 7) is 0. The number of nitrogens with one attached hydrogen (secondary N) is 2. The van der Waals surface area contributed by atoms with Crippen molar-refractivity contribution in [2.45, 2.75) is 30.0 Å². The van der Waals surface area contributed by atoms with E-state index in [0.29, 0.717) is 0 Å². The number of nitrogens with zero attached hydrogens (tertiary/aromatic N) is 1. The molecule has 0 saturated heterocycles. The number of alkyl halides is 3. The number of aryl methyl sites for hydroxylation is 1. The number of anilines is 1.